The van der Waals surface area contributed by atoms with Gasteiger partial charge in [0.1, 0.15) is 5.75 Å². The Morgan fingerprint density at radius 3 is 2.73 bits per heavy atom. The Balaban J connectivity index is 2.49. The Morgan fingerprint density at radius 2 is 2.00 bits per heavy atom. The summed E-state index contributed by atoms with van der Waals surface area (Å²) in [5.74, 6) is 1.34. The number of carbonyl (C=O) groups excluding carboxylic acids is 1. The summed E-state index contributed by atoms with van der Waals surface area (Å²) >= 11 is 0. The Labute approximate surface area is 156 Å². The highest BCUT2D eigenvalue weighted by atomic mass is 16.5. The molecule has 2 N–H and O–H groups in total. The quantitative estimate of drug-likeness (QED) is 0.257. The molecule has 0 fully saturated rings. The second-order valence-corrected chi connectivity index (χ2v) is 5.64. The average molecular weight is 365 g/mol. The van der Waals surface area contributed by atoms with Crippen LogP contribution in [0.3, 0.4) is 0 Å². The van der Waals surface area contributed by atoms with E-state index < -0.39 is 0 Å². The molecule has 0 heterocycles. The third kappa shape index (κ3) is 9.88. The molecule has 0 amide bonds. The van der Waals surface area contributed by atoms with Crippen LogP contribution in [0.4, 0.5) is 5.69 Å². The topological polar surface area (TPSA) is 81.2 Å². The number of nitrogens with one attached hydrogen (secondary N) is 2. The number of ether oxygens (including phenoxy) is 3. The molecule has 1 aromatic rings. The zero-order chi connectivity index (χ0) is 19.0. The predicted molar refractivity (Wildman–Crippen MR) is 104 cm³/mol. The Morgan fingerprint density at radius 1 is 1.15 bits per heavy atom. The van der Waals surface area contributed by atoms with Crippen LogP contribution < -0.4 is 15.4 Å². The molecule has 26 heavy (non-hydrogen) atoms. The molecule has 0 aliphatic carbocycles. The summed E-state index contributed by atoms with van der Waals surface area (Å²) in [5, 5.41) is 6.49. The second-order valence-electron chi connectivity index (χ2n) is 5.64. The zero-order valence-corrected chi connectivity index (χ0v) is 16.0. The first-order chi connectivity index (χ1) is 12.7. The monoisotopic (exact) mass is 365 g/mol. The van der Waals surface area contributed by atoms with Crippen LogP contribution in [-0.4, -0.2) is 52.5 Å². The van der Waals surface area contributed by atoms with Gasteiger partial charge < -0.3 is 24.8 Å². The number of methoxy groups -OCH3 is 2. The maximum atomic E-state index is 11.1. The number of nitrogens with zero attached hydrogens (tertiary/aromatic N) is 1. The van der Waals surface area contributed by atoms with Crippen LogP contribution in [0.2, 0.25) is 0 Å². The van der Waals surface area contributed by atoms with Gasteiger partial charge in [-0.15, -0.1) is 0 Å². The van der Waals surface area contributed by atoms with E-state index in [1.807, 2.05) is 31.2 Å². The molecule has 0 saturated carbocycles. The van der Waals surface area contributed by atoms with E-state index in [2.05, 4.69) is 20.4 Å². The summed E-state index contributed by atoms with van der Waals surface area (Å²) in [6.45, 7) is 4.72. The number of aliphatic imine (C=N–C) groups is 1. The van der Waals surface area contributed by atoms with Crippen LogP contribution >= 0.6 is 0 Å². The molecule has 0 aliphatic rings. The van der Waals surface area contributed by atoms with Gasteiger partial charge >= 0.3 is 5.97 Å². The lowest BCUT2D eigenvalue weighted by Gasteiger charge is -2.13. The molecule has 0 aliphatic heterocycles. The van der Waals surface area contributed by atoms with Crippen molar-refractivity contribution in [2.75, 3.05) is 45.8 Å². The van der Waals surface area contributed by atoms with Crippen LogP contribution in [0.25, 0.3) is 0 Å². The summed E-state index contributed by atoms with van der Waals surface area (Å²) in [5.41, 5.74) is 0.906. The highest BCUT2D eigenvalue weighted by Gasteiger charge is 2.02. The number of carbonyl (C=O) groups is 1. The number of benzene rings is 1. The number of guanidine groups is 1. The lowest BCUT2D eigenvalue weighted by atomic mass is 10.2. The molecular formula is C19H31N3O4. The fourth-order valence-corrected chi connectivity index (χ4v) is 2.17. The Kier molecular flexibility index (Phi) is 11.7. The summed E-state index contributed by atoms with van der Waals surface area (Å²) in [6.07, 6.45) is 2.87. The SMILES string of the molecule is CCNC(=NCCCCC(=O)OC)Nc1cccc(OCCCOC)c1. The van der Waals surface area contributed by atoms with E-state index in [0.717, 1.165) is 37.2 Å². The van der Waals surface area contributed by atoms with Crippen molar-refractivity contribution in [1.82, 2.24) is 5.32 Å². The smallest absolute Gasteiger partial charge is 0.305 e. The second kappa shape index (κ2) is 13.9. The molecule has 1 aromatic carbocycles. The number of hydrogen-bond donors (Lipinski definition) is 2. The van der Waals surface area contributed by atoms with E-state index >= 15 is 0 Å². The normalized spacial score (nSPS) is 11.1. The molecule has 0 unspecified atom stereocenters. The molecule has 146 valence electrons. The number of unbranched alkanes of at least 4 members (excludes halogenated alkanes) is 1. The van der Waals surface area contributed by atoms with Crippen LogP contribution in [0.15, 0.2) is 29.3 Å². The van der Waals surface area contributed by atoms with Crippen molar-refractivity contribution in [2.24, 2.45) is 4.99 Å². The average Bonchev–Trinajstić information content (AvgIpc) is 2.65. The first kappa shape index (κ1) is 21.8. The van der Waals surface area contributed by atoms with E-state index in [0.29, 0.717) is 32.1 Å². The molecule has 1 rings (SSSR count). The maximum Gasteiger partial charge on any atom is 0.305 e. The highest BCUT2D eigenvalue weighted by molar-refractivity contribution is 5.93. The summed E-state index contributed by atoms with van der Waals surface area (Å²) in [7, 11) is 3.09. The van der Waals surface area contributed by atoms with E-state index in [4.69, 9.17) is 9.47 Å². The van der Waals surface area contributed by atoms with E-state index in [1.165, 1.54) is 7.11 Å². The fraction of sp³-hybridized carbons (Fsp3) is 0.579. The van der Waals surface area contributed by atoms with E-state index in [9.17, 15) is 4.79 Å². The lowest BCUT2D eigenvalue weighted by Crippen LogP contribution is -2.30. The van der Waals surface area contributed by atoms with E-state index in [-0.39, 0.29) is 5.97 Å². The molecule has 0 bridgehead atoms. The van der Waals surface area contributed by atoms with Crippen molar-refractivity contribution in [2.45, 2.75) is 32.6 Å². The first-order valence-corrected chi connectivity index (χ1v) is 9.03. The molecule has 7 heteroatoms. The molecule has 7 nitrogen and oxygen atoms in total. The van der Waals surface area contributed by atoms with Crippen molar-refractivity contribution in [3.05, 3.63) is 24.3 Å². The first-order valence-electron chi connectivity index (χ1n) is 9.03. The van der Waals surface area contributed by atoms with Crippen LogP contribution in [-0.2, 0) is 14.3 Å². The van der Waals surface area contributed by atoms with Gasteiger partial charge in [-0.3, -0.25) is 9.79 Å². The van der Waals surface area contributed by atoms with Gasteiger partial charge in [0, 0.05) is 51.4 Å². The van der Waals surface area contributed by atoms with Gasteiger partial charge in [0.25, 0.3) is 0 Å². The summed E-state index contributed by atoms with van der Waals surface area (Å²) in [6, 6.07) is 7.77. The largest absolute Gasteiger partial charge is 0.493 e. The Bertz CT molecular complexity index is 549. The summed E-state index contributed by atoms with van der Waals surface area (Å²) in [4.78, 5) is 15.6. The van der Waals surface area contributed by atoms with Gasteiger partial charge in [-0.2, -0.15) is 0 Å². The van der Waals surface area contributed by atoms with Crippen molar-refractivity contribution in [3.8, 4) is 5.75 Å². The number of hydrogen-bond acceptors (Lipinski definition) is 5. The minimum Gasteiger partial charge on any atom is -0.493 e. The predicted octanol–water partition coefficient (Wildman–Crippen LogP) is 2.82. The molecule has 0 radical (unpaired) electrons. The lowest BCUT2D eigenvalue weighted by molar-refractivity contribution is -0.140. The van der Waals surface area contributed by atoms with Crippen molar-refractivity contribution in [1.29, 1.82) is 0 Å². The third-order valence-corrected chi connectivity index (χ3v) is 3.49. The summed E-state index contributed by atoms with van der Waals surface area (Å²) < 4.78 is 15.4. The van der Waals surface area contributed by atoms with E-state index in [1.54, 1.807) is 7.11 Å². The van der Waals surface area contributed by atoms with Gasteiger partial charge in [-0.05, 0) is 31.9 Å². The maximum absolute atomic E-state index is 11.1. The minimum absolute atomic E-state index is 0.179. The van der Waals surface area contributed by atoms with Gasteiger partial charge in [-0.25, -0.2) is 0 Å². The van der Waals surface area contributed by atoms with Gasteiger partial charge in [0.05, 0.1) is 13.7 Å². The van der Waals surface area contributed by atoms with Gasteiger partial charge in [-0.1, -0.05) is 6.07 Å². The standard InChI is InChI=1S/C19H31N3O4/c1-4-20-19(21-12-6-5-11-18(23)25-3)22-16-9-7-10-17(15-16)26-14-8-13-24-2/h7,9-10,15H,4-6,8,11-14H2,1-3H3,(H2,20,21,22). The zero-order valence-electron chi connectivity index (χ0n) is 16.0. The number of esters is 1. The molecule has 0 aromatic heterocycles. The van der Waals surface area contributed by atoms with Crippen molar-refractivity contribution in [3.63, 3.8) is 0 Å². The van der Waals surface area contributed by atoms with Crippen LogP contribution in [0.1, 0.15) is 32.6 Å². The Hall–Kier alpha value is -2.28. The van der Waals surface area contributed by atoms with Crippen LogP contribution in [0.5, 0.6) is 5.75 Å². The molecular weight excluding hydrogens is 334 g/mol. The van der Waals surface area contributed by atoms with Crippen molar-refractivity contribution < 1.29 is 19.0 Å². The van der Waals surface area contributed by atoms with Gasteiger partial charge in [0.15, 0.2) is 5.96 Å². The van der Waals surface area contributed by atoms with Gasteiger partial charge in [0.2, 0.25) is 0 Å². The molecule has 0 saturated heterocycles. The molecule has 0 atom stereocenters. The minimum atomic E-state index is -0.179. The number of anilines is 1. The number of rotatable bonds is 12. The third-order valence-electron chi connectivity index (χ3n) is 3.49. The van der Waals surface area contributed by atoms with Crippen molar-refractivity contribution >= 4 is 17.6 Å². The molecule has 0 spiro atoms. The fourth-order valence-electron chi connectivity index (χ4n) is 2.17. The highest BCUT2D eigenvalue weighted by Crippen LogP contribution is 2.17. The van der Waals surface area contributed by atoms with Crippen LogP contribution in [0, 0.1) is 0 Å².